The Morgan fingerprint density at radius 2 is 1.64 bits per heavy atom. The molecule has 0 fully saturated rings. The van der Waals surface area contributed by atoms with Gasteiger partial charge in [-0.1, -0.05) is 60.7 Å². The van der Waals surface area contributed by atoms with Gasteiger partial charge in [0.25, 0.3) is 0 Å². The van der Waals surface area contributed by atoms with E-state index >= 15 is 0 Å². The number of hydrogen-bond acceptors (Lipinski definition) is 4. The van der Waals surface area contributed by atoms with Crippen molar-refractivity contribution in [3.8, 4) is 11.1 Å². The predicted molar refractivity (Wildman–Crippen MR) is 106 cm³/mol. The van der Waals surface area contributed by atoms with Crippen LogP contribution in [0.2, 0.25) is 5.28 Å². The monoisotopic (exact) mass is 365 g/mol. The van der Waals surface area contributed by atoms with Crippen molar-refractivity contribution in [3.05, 3.63) is 76.9 Å². The molecule has 2 aromatic heterocycles. The number of hydrogen-bond donors (Lipinski definition) is 0. The van der Waals surface area contributed by atoms with E-state index in [1.807, 2.05) is 43.4 Å². The maximum absolute atomic E-state index is 6.18. The summed E-state index contributed by atoms with van der Waals surface area (Å²) >= 11 is 7.78. The van der Waals surface area contributed by atoms with E-state index in [1.54, 1.807) is 11.3 Å². The van der Waals surface area contributed by atoms with Crippen LogP contribution in [0.4, 0.5) is 5.82 Å². The molecule has 4 aromatic rings. The van der Waals surface area contributed by atoms with Crippen molar-refractivity contribution < 1.29 is 0 Å². The van der Waals surface area contributed by atoms with Gasteiger partial charge in [-0.2, -0.15) is 4.98 Å². The molecule has 0 unspecified atom stereocenters. The molecule has 0 bridgehead atoms. The SMILES string of the molecule is CN(Cc1ccccc1)c1nc(Cl)nc2scc(-c3ccccc3)c12. The Morgan fingerprint density at radius 3 is 2.36 bits per heavy atom. The standard InChI is InChI=1S/C20H16ClN3S/c1-24(12-14-8-4-2-5-9-14)18-17-16(15-10-6-3-7-11-15)13-25-19(17)23-20(21)22-18/h2-11,13H,12H2,1H3. The Hall–Kier alpha value is -2.43. The minimum atomic E-state index is 0.281. The summed E-state index contributed by atoms with van der Waals surface area (Å²) in [4.78, 5) is 12.0. The van der Waals surface area contributed by atoms with E-state index in [0.717, 1.165) is 33.7 Å². The molecular weight excluding hydrogens is 350 g/mol. The lowest BCUT2D eigenvalue weighted by molar-refractivity contribution is 0.901. The van der Waals surface area contributed by atoms with Gasteiger partial charge in [-0.05, 0) is 22.7 Å². The van der Waals surface area contributed by atoms with Crippen LogP contribution in [0.15, 0.2) is 66.0 Å². The van der Waals surface area contributed by atoms with E-state index in [2.05, 4.69) is 44.5 Å². The first-order valence-electron chi connectivity index (χ1n) is 7.97. The van der Waals surface area contributed by atoms with Crippen LogP contribution in [0, 0.1) is 0 Å². The summed E-state index contributed by atoms with van der Waals surface area (Å²) in [5.41, 5.74) is 3.53. The fraction of sp³-hybridized carbons (Fsp3) is 0.100. The van der Waals surface area contributed by atoms with Crippen molar-refractivity contribution in [2.24, 2.45) is 0 Å². The molecule has 0 N–H and O–H groups in total. The van der Waals surface area contributed by atoms with E-state index in [-0.39, 0.29) is 5.28 Å². The highest BCUT2D eigenvalue weighted by atomic mass is 35.5. The molecule has 4 rings (SSSR count). The van der Waals surface area contributed by atoms with Crippen LogP contribution in [-0.2, 0) is 6.54 Å². The zero-order valence-corrected chi connectivity index (χ0v) is 15.3. The molecule has 0 spiro atoms. The van der Waals surface area contributed by atoms with Gasteiger partial charge < -0.3 is 4.90 Å². The van der Waals surface area contributed by atoms with Crippen molar-refractivity contribution >= 4 is 39.0 Å². The van der Waals surface area contributed by atoms with Crippen LogP contribution in [0.1, 0.15) is 5.56 Å². The summed E-state index contributed by atoms with van der Waals surface area (Å²) in [6.07, 6.45) is 0. The van der Waals surface area contributed by atoms with Gasteiger partial charge in [0.1, 0.15) is 10.6 Å². The lowest BCUT2D eigenvalue weighted by Gasteiger charge is -2.20. The number of nitrogens with zero attached hydrogens (tertiary/aromatic N) is 3. The number of halogens is 1. The van der Waals surface area contributed by atoms with E-state index < -0.39 is 0 Å². The second-order valence-electron chi connectivity index (χ2n) is 5.85. The Kier molecular flexibility index (Phi) is 4.38. The second-order valence-corrected chi connectivity index (χ2v) is 7.05. The number of anilines is 1. The molecule has 2 aromatic carbocycles. The number of fused-ring (bicyclic) bond motifs is 1. The third-order valence-corrected chi connectivity index (χ3v) is 5.14. The van der Waals surface area contributed by atoms with E-state index in [4.69, 9.17) is 11.6 Å². The molecule has 2 heterocycles. The first kappa shape index (κ1) is 16.1. The molecule has 0 aliphatic carbocycles. The van der Waals surface area contributed by atoms with E-state index in [1.165, 1.54) is 5.56 Å². The zero-order chi connectivity index (χ0) is 17.2. The van der Waals surface area contributed by atoms with Gasteiger partial charge in [0.05, 0.1) is 5.39 Å². The predicted octanol–water partition coefficient (Wildman–Crippen LogP) is 5.65. The lowest BCUT2D eigenvalue weighted by Crippen LogP contribution is -2.18. The zero-order valence-electron chi connectivity index (χ0n) is 13.7. The summed E-state index contributed by atoms with van der Waals surface area (Å²) in [6.45, 7) is 0.757. The number of thiophene rings is 1. The molecule has 0 atom stereocenters. The topological polar surface area (TPSA) is 29.0 Å². The maximum Gasteiger partial charge on any atom is 0.225 e. The van der Waals surface area contributed by atoms with Crippen LogP contribution in [0.5, 0.6) is 0 Å². The molecular formula is C20H16ClN3S. The fourth-order valence-corrected chi connectivity index (χ4v) is 4.09. The normalized spacial score (nSPS) is 11.0. The third kappa shape index (κ3) is 3.23. The second kappa shape index (κ2) is 6.82. The number of benzene rings is 2. The van der Waals surface area contributed by atoms with Crippen LogP contribution in [-0.4, -0.2) is 17.0 Å². The van der Waals surface area contributed by atoms with Gasteiger partial charge in [0.15, 0.2) is 0 Å². The quantitative estimate of drug-likeness (QED) is 0.438. The highest BCUT2D eigenvalue weighted by molar-refractivity contribution is 7.17. The molecule has 0 amide bonds. The van der Waals surface area contributed by atoms with Gasteiger partial charge in [-0.3, -0.25) is 0 Å². The average molecular weight is 366 g/mol. The van der Waals surface area contributed by atoms with Gasteiger partial charge in [0, 0.05) is 24.5 Å². The highest BCUT2D eigenvalue weighted by Gasteiger charge is 2.17. The molecule has 0 saturated heterocycles. The molecule has 3 nitrogen and oxygen atoms in total. The Balaban J connectivity index is 1.83. The van der Waals surface area contributed by atoms with Gasteiger partial charge in [-0.15, -0.1) is 11.3 Å². The highest BCUT2D eigenvalue weighted by Crippen LogP contribution is 2.38. The van der Waals surface area contributed by atoms with Crippen LogP contribution in [0.3, 0.4) is 0 Å². The molecule has 0 aliphatic rings. The van der Waals surface area contributed by atoms with Gasteiger partial charge >= 0.3 is 0 Å². The largest absolute Gasteiger partial charge is 0.355 e. The maximum atomic E-state index is 6.18. The van der Waals surface area contributed by atoms with Crippen molar-refractivity contribution in [1.82, 2.24) is 9.97 Å². The summed E-state index contributed by atoms with van der Waals surface area (Å²) in [7, 11) is 2.04. The minimum absolute atomic E-state index is 0.281. The smallest absolute Gasteiger partial charge is 0.225 e. The summed E-state index contributed by atoms with van der Waals surface area (Å²) in [6, 6.07) is 20.7. The first-order chi connectivity index (χ1) is 12.2. The van der Waals surface area contributed by atoms with Crippen molar-refractivity contribution in [1.29, 1.82) is 0 Å². The fourth-order valence-electron chi connectivity index (χ4n) is 2.94. The Morgan fingerprint density at radius 1 is 0.960 bits per heavy atom. The van der Waals surface area contributed by atoms with Gasteiger partial charge in [0.2, 0.25) is 5.28 Å². The van der Waals surface area contributed by atoms with Crippen molar-refractivity contribution in [3.63, 3.8) is 0 Å². The van der Waals surface area contributed by atoms with Gasteiger partial charge in [-0.25, -0.2) is 4.98 Å². The van der Waals surface area contributed by atoms with Crippen LogP contribution < -0.4 is 4.90 Å². The molecule has 0 saturated carbocycles. The minimum Gasteiger partial charge on any atom is -0.355 e. The molecule has 5 heteroatoms. The molecule has 25 heavy (non-hydrogen) atoms. The molecule has 0 aliphatic heterocycles. The molecule has 124 valence electrons. The third-order valence-electron chi connectivity index (χ3n) is 4.10. The lowest BCUT2D eigenvalue weighted by atomic mass is 10.1. The molecule has 0 radical (unpaired) electrons. The van der Waals surface area contributed by atoms with Crippen molar-refractivity contribution in [2.45, 2.75) is 6.54 Å². The Bertz CT molecular complexity index is 1000. The summed E-state index contributed by atoms with van der Waals surface area (Å²) in [5, 5.41) is 3.47. The van der Waals surface area contributed by atoms with E-state index in [0.29, 0.717) is 0 Å². The average Bonchev–Trinajstić information content (AvgIpc) is 3.06. The number of rotatable bonds is 4. The summed E-state index contributed by atoms with van der Waals surface area (Å²) in [5.74, 6) is 0.860. The van der Waals surface area contributed by atoms with Crippen molar-refractivity contribution in [2.75, 3.05) is 11.9 Å². The summed E-state index contributed by atoms with van der Waals surface area (Å²) < 4.78 is 0. The van der Waals surface area contributed by atoms with Crippen LogP contribution in [0.25, 0.3) is 21.3 Å². The van der Waals surface area contributed by atoms with Crippen LogP contribution >= 0.6 is 22.9 Å². The van der Waals surface area contributed by atoms with E-state index in [9.17, 15) is 0 Å². The Labute approximate surface area is 155 Å². The first-order valence-corrected chi connectivity index (χ1v) is 9.23. The number of aromatic nitrogens is 2.